The number of nitrogens with two attached hydrogens (primary N) is 1. The molecule has 0 bridgehead atoms. The van der Waals surface area contributed by atoms with Gasteiger partial charge in [-0.05, 0) is 38.0 Å². The maximum atomic E-state index is 13.5. The zero-order chi connectivity index (χ0) is 24.5. The molecule has 180 valence electrons. The Hall–Kier alpha value is -3.74. The lowest BCUT2D eigenvalue weighted by Gasteiger charge is -2.24. The third-order valence-electron chi connectivity index (χ3n) is 7.23. The molecule has 2 aliphatic rings. The second-order valence-corrected chi connectivity index (χ2v) is 9.73. The Morgan fingerprint density at radius 1 is 0.914 bits per heavy atom. The molecule has 7 heteroatoms. The van der Waals surface area contributed by atoms with Crippen LogP contribution in [-0.2, 0) is 11.2 Å². The van der Waals surface area contributed by atoms with E-state index in [4.69, 9.17) is 5.73 Å². The molecule has 0 saturated carbocycles. The predicted molar refractivity (Wildman–Crippen MR) is 136 cm³/mol. The predicted octanol–water partition coefficient (Wildman–Crippen LogP) is 3.39. The van der Waals surface area contributed by atoms with Crippen molar-refractivity contribution in [1.82, 2.24) is 14.9 Å². The molecule has 0 spiro atoms. The van der Waals surface area contributed by atoms with Gasteiger partial charge in [-0.3, -0.25) is 9.59 Å². The highest BCUT2D eigenvalue weighted by molar-refractivity contribution is 5.96. The lowest BCUT2D eigenvalue weighted by atomic mass is 10.0. The van der Waals surface area contributed by atoms with E-state index in [0.717, 1.165) is 48.7 Å². The van der Waals surface area contributed by atoms with Crippen molar-refractivity contribution in [3.63, 3.8) is 0 Å². The second-order valence-electron chi connectivity index (χ2n) is 9.73. The number of fused-ring (bicyclic) bond motifs is 1. The highest BCUT2D eigenvalue weighted by atomic mass is 16.2. The topological polar surface area (TPSA) is 92.4 Å². The summed E-state index contributed by atoms with van der Waals surface area (Å²) in [7, 11) is 0. The number of anilines is 1. The monoisotopic (exact) mass is 469 g/mol. The Morgan fingerprint density at radius 2 is 1.57 bits per heavy atom. The largest absolute Gasteiger partial charge is 0.371 e. The van der Waals surface area contributed by atoms with E-state index in [1.807, 2.05) is 61.2 Å². The van der Waals surface area contributed by atoms with Gasteiger partial charge in [-0.2, -0.15) is 0 Å². The van der Waals surface area contributed by atoms with Gasteiger partial charge in [0.25, 0.3) is 5.91 Å². The quantitative estimate of drug-likeness (QED) is 0.597. The van der Waals surface area contributed by atoms with Crippen LogP contribution in [0.5, 0.6) is 0 Å². The second kappa shape index (κ2) is 9.49. The molecule has 3 aromatic rings. The normalized spacial score (nSPS) is 19.1. The average Bonchev–Trinajstić information content (AvgIpc) is 3.43. The van der Waals surface area contributed by atoms with Gasteiger partial charge in [-0.25, -0.2) is 9.97 Å². The van der Waals surface area contributed by atoms with Gasteiger partial charge in [-0.15, -0.1) is 0 Å². The van der Waals surface area contributed by atoms with Gasteiger partial charge in [-0.1, -0.05) is 42.5 Å². The molecule has 5 rings (SSSR count). The SMILES string of the molecule is Cc1nc(-c2ccccc2)nc(C)c1C(=O)N1CC2CN(c3cccc(CCC(N)=O)c3)CC2C1. The molecule has 2 aliphatic heterocycles. The highest BCUT2D eigenvalue weighted by Gasteiger charge is 2.42. The van der Waals surface area contributed by atoms with E-state index < -0.39 is 0 Å². The first-order chi connectivity index (χ1) is 16.9. The molecule has 0 aliphatic carbocycles. The summed E-state index contributed by atoms with van der Waals surface area (Å²) in [5.41, 5.74) is 10.6. The third kappa shape index (κ3) is 4.76. The van der Waals surface area contributed by atoms with Crippen LogP contribution in [0, 0.1) is 25.7 Å². The zero-order valence-electron chi connectivity index (χ0n) is 20.3. The van der Waals surface area contributed by atoms with Gasteiger partial charge in [0.1, 0.15) is 0 Å². The number of carbonyl (C=O) groups is 2. The van der Waals surface area contributed by atoms with E-state index in [1.165, 1.54) is 5.69 Å². The number of aromatic nitrogens is 2. The number of nitrogens with zero attached hydrogens (tertiary/aromatic N) is 4. The molecule has 35 heavy (non-hydrogen) atoms. The molecule has 2 aromatic carbocycles. The maximum absolute atomic E-state index is 13.5. The summed E-state index contributed by atoms with van der Waals surface area (Å²) >= 11 is 0. The van der Waals surface area contributed by atoms with Crippen LogP contribution in [0.15, 0.2) is 54.6 Å². The molecule has 7 nitrogen and oxygen atoms in total. The van der Waals surface area contributed by atoms with E-state index in [9.17, 15) is 9.59 Å². The van der Waals surface area contributed by atoms with Crippen LogP contribution in [-0.4, -0.2) is 52.9 Å². The Labute approximate surface area is 206 Å². The van der Waals surface area contributed by atoms with Crippen LogP contribution >= 0.6 is 0 Å². The Morgan fingerprint density at radius 3 is 2.20 bits per heavy atom. The van der Waals surface area contributed by atoms with Crippen LogP contribution in [0.2, 0.25) is 0 Å². The van der Waals surface area contributed by atoms with Crippen molar-refractivity contribution in [1.29, 1.82) is 0 Å². The highest BCUT2D eigenvalue weighted by Crippen LogP contribution is 2.35. The Bertz CT molecular complexity index is 1220. The van der Waals surface area contributed by atoms with Crippen molar-refractivity contribution in [3.05, 3.63) is 77.1 Å². The Balaban J connectivity index is 1.26. The van der Waals surface area contributed by atoms with Crippen molar-refractivity contribution in [3.8, 4) is 11.4 Å². The summed E-state index contributed by atoms with van der Waals surface area (Å²) in [5, 5.41) is 0. The molecule has 2 unspecified atom stereocenters. The molecule has 2 atom stereocenters. The number of hydrogen-bond donors (Lipinski definition) is 1. The van der Waals surface area contributed by atoms with Gasteiger partial charge in [0.2, 0.25) is 5.91 Å². The number of likely N-dealkylation sites (tertiary alicyclic amines) is 1. The van der Waals surface area contributed by atoms with Crippen LogP contribution in [0.4, 0.5) is 5.69 Å². The van der Waals surface area contributed by atoms with E-state index in [0.29, 0.717) is 36.1 Å². The minimum absolute atomic E-state index is 0.0361. The lowest BCUT2D eigenvalue weighted by molar-refractivity contribution is -0.117. The summed E-state index contributed by atoms with van der Waals surface area (Å²) in [6.07, 6.45) is 1.02. The van der Waals surface area contributed by atoms with Crippen molar-refractivity contribution in [2.45, 2.75) is 26.7 Å². The number of hydrogen-bond acceptors (Lipinski definition) is 5. The number of rotatable bonds is 6. The maximum Gasteiger partial charge on any atom is 0.257 e. The first-order valence-electron chi connectivity index (χ1n) is 12.2. The molecular formula is C28H31N5O2. The van der Waals surface area contributed by atoms with Gasteiger partial charge in [0.15, 0.2) is 5.82 Å². The first kappa shape index (κ1) is 23.0. The Kier molecular flexibility index (Phi) is 6.24. The molecule has 1 aromatic heterocycles. The molecule has 2 saturated heterocycles. The van der Waals surface area contributed by atoms with E-state index in [-0.39, 0.29) is 11.8 Å². The van der Waals surface area contributed by atoms with Gasteiger partial charge in [0.05, 0.1) is 17.0 Å². The summed E-state index contributed by atoms with van der Waals surface area (Å²) in [6.45, 7) is 7.15. The summed E-state index contributed by atoms with van der Waals surface area (Å²) in [5.74, 6) is 1.30. The zero-order valence-corrected chi connectivity index (χ0v) is 20.3. The third-order valence-corrected chi connectivity index (χ3v) is 7.23. The van der Waals surface area contributed by atoms with Crippen LogP contribution in [0.1, 0.15) is 33.7 Å². The minimum Gasteiger partial charge on any atom is -0.371 e. The molecule has 3 heterocycles. The first-order valence-corrected chi connectivity index (χ1v) is 12.2. The number of amides is 2. The summed E-state index contributed by atoms with van der Waals surface area (Å²) in [4.78, 5) is 38.3. The number of benzene rings is 2. The van der Waals surface area contributed by atoms with Crippen LogP contribution < -0.4 is 10.6 Å². The lowest BCUT2D eigenvalue weighted by Crippen LogP contribution is -2.34. The number of carbonyl (C=O) groups excluding carboxylic acids is 2. The summed E-state index contributed by atoms with van der Waals surface area (Å²) < 4.78 is 0. The average molecular weight is 470 g/mol. The van der Waals surface area contributed by atoms with E-state index >= 15 is 0 Å². The fourth-order valence-electron chi connectivity index (χ4n) is 5.45. The fourth-order valence-corrected chi connectivity index (χ4v) is 5.45. The number of aryl methyl sites for hydroxylation is 3. The van der Waals surface area contributed by atoms with Gasteiger partial charge in [0, 0.05) is 55.7 Å². The van der Waals surface area contributed by atoms with E-state index in [1.54, 1.807) is 0 Å². The van der Waals surface area contributed by atoms with Crippen LogP contribution in [0.3, 0.4) is 0 Å². The molecule has 2 fully saturated rings. The molecular weight excluding hydrogens is 438 g/mol. The molecule has 0 radical (unpaired) electrons. The van der Waals surface area contributed by atoms with Gasteiger partial charge >= 0.3 is 0 Å². The van der Waals surface area contributed by atoms with Crippen molar-refractivity contribution >= 4 is 17.5 Å². The van der Waals surface area contributed by atoms with Crippen LogP contribution in [0.25, 0.3) is 11.4 Å². The minimum atomic E-state index is -0.276. The summed E-state index contributed by atoms with van der Waals surface area (Å²) in [6, 6.07) is 18.2. The molecule has 2 amide bonds. The van der Waals surface area contributed by atoms with Crippen molar-refractivity contribution in [2.24, 2.45) is 17.6 Å². The standard InChI is InChI=1S/C28H31N5O2/c1-18-26(19(2)31-27(30-18)21-8-4-3-5-9-21)28(35)33-16-22-14-32(15-23(22)17-33)24-10-6-7-20(13-24)11-12-25(29)34/h3-10,13,22-23H,11-12,14-17H2,1-2H3,(H2,29,34). The number of primary amides is 1. The van der Waals surface area contributed by atoms with Crippen molar-refractivity contribution in [2.75, 3.05) is 31.1 Å². The smallest absolute Gasteiger partial charge is 0.257 e. The molecule has 2 N–H and O–H groups in total. The van der Waals surface area contributed by atoms with Gasteiger partial charge < -0.3 is 15.5 Å². The van der Waals surface area contributed by atoms with E-state index in [2.05, 4.69) is 27.0 Å². The fraction of sp³-hybridized carbons (Fsp3) is 0.357. The van der Waals surface area contributed by atoms with Crippen molar-refractivity contribution < 1.29 is 9.59 Å².